The fourth-order valence-corrected chi connectivity index (χ4v) is 1.13. The van der Waals surface area contributed by atoms with Crippen LogP contribution in [0, 0.1) is 0 Å². The third kappa shape index (κ3) is 2.11. The van der Waals surface area contributed by atoms with Gasteiger partial charge < -0.3 is 15.5 Å². The van der Waals surface area contributed by atoms with Crippen molar-refractivity contribution in [2.24, 2.45) is 0 Å². The van der Waals surface area contributed by atoms with E-state index in [9.17, 15) is 9.59 Å². The number of carbonyl (C=O) groups is 2. The summed E-state index contributed by atoms with van der Waals surface area (Å²) < 4.78 is 0. The summed E-state index contributed by atoms with van der Waals surface area (Å²) in [7, 11) is 1.59. The van der Waals surface area contributed by atoms with Crippen LogP contribution in [0.3, 0.4) is 0 Å². The predicted octanol–water partition coefficient (Wildman–Crippen LogP) is -0.852. The highest BCUT2D eigenvalue weighted by molar-refractivity contribution is 5.79. The van der Waals surface area contributed by atoms with E-state index < -0.39 is 0 Å². The van der Waals surface area contributed by atoms with Crippen molar-refractivity contribution < 1.29 is 9.59 Å². The molecule has 0 aromatic carbocycles. The van der Waals surface area contributed by atoms with Crippen LogP contribution in [-0.2, 0) is 4.79 Å². The van der Waals surface area contributed by atoms with Gasteiger partial charge in [-0.3, -0.25) is 4.79 Å². The maximum absolute atomic E-state index is 11.1. The van der Waals surface area contributed by atoms with Crippen molar-refractivity contribution in [2.45, 2.75) is 6.42 Å². The minimum absolute atomic E-state index is 0.0152. The second-order valence-corrected chi connectivity index (χ2v) is 2.64. The number of urea groups is 1. The third-order valence-electron chi connectivity index (χ3n) is 1.81. The van der Waals surface area contributed by atoms with E-state index in [2.05, 4.69) is 10.6 Å². The number of nitrogens with one attached hydrogen (secondary N) is 2. The van der Waals surface area contributed by atoms with Gasteiger partial charge in [0, 0.05) is 33.1 Å². The molecule has 1 aliphatic rings. The minimum Gasteiger partial charge on any atom is -0.354 e. The first-order valence-corrected chi connectivity index (χ1v) is 3.97. The number of hydrogen-bond donors (Lipinski definition) is 2. The van der Waals surface area contributed by atoms with Gasteiger partial charge in [-0.15, -0.1) is 0 Å². The molecule has 1 heterocycles. The Morgan fingerprint density at radius 2 is 2.33 bits per heavy atom. The molecule has 0 spiro atoms. The van der Waals surface area contributed by atoms with Gasteiger partial charge in [-0.25, -0.2) is 4.79 Å². The second-order valence-electron chi connectivity index (χ2n) is 2.64. The van der Waals surface area contributed by atoms with Crippen molar-refractivity contribution in [1.29, 1.82) is 0 Å². The Labute approximate surface area is 71.1 Å². The van der Waals surface area contributed by atoms with Crippen LogP contribution in [0.1, 0.15) is 6.42 Å². The van der Waals surface area contributed by atoms with Crippen molar-refractivity contribution >= 4 is 11.9 Å². The maximum Gasteiger partial charge on any atom is 0.317 e. The van der Waals surface area contributed by atoms with E-state index in [4.69, 9.17) is 0 Å². The van der Waals surface area contributed by atoms with Gasteiger partial charge in [-0.2, -0.15) is 0 Å². The van der Waals surface area contributed by atoms with E-state index in [1.54, 1.807) is 11.9 Å². The Morgan fingerprint density at radius 3 is 3.00 bits per heavy atom. The molecule has 5 nitrogen and oxygen atoms in total. The van der Waals surface area contributed by atoms with Gasteiger partial charge >= 0.3 is 6.03 Å². The molecule has 0 bridgehead atoms. The summed E-state index contributed by atoms with van der Waals surface area (Å²) in [6.45, 7) is 1.64. The number of nitrogens with zero attached hydrogens (tertiary/aromatic N) is 1. The van der Waals surface area contributed by atoms with E-state index in [0.717, 1.165) is 0 Å². The molecule has 0 aromatic rings. The lowest BCUT2D eigenvalue weighted by atomic mass is 10.4. The van der Waals surface area contributed by atoms with Crippen molar-refractivity contribution in [3.63, 3.8) is 0 Å². The van der Waals surface area contributed by atoms with Crippen molar-refractivity contribution in [1.82, 2.24) is 15.5 Å². The quantitative estimate of drug-likeness (QED) is 0.498. The van der Waals surface area contributed by atoms with Crippen LogP contribution in [0.25, 0.3) is 0 Å². The Hall–Kier alpha value is -1.26. The van der Waals surface area contributed by atoms with Gasteiger partial charge in [-0.05, 0) is 0 Å². The molecule has 0 aliphatic carbocycles. The van der Waals surface area contributed by atoms with Gasteiger partial charge in [0.15, 0.2) is 0 Å². The fourth-order valence-electron chi connectivity index (χ4n) is 1.13. The molecule has 1 saturated heterocycles. The molecule has 5 heteroatoms. The zero-order valence-corrected chi connectivity index (χ0v) is 7.09. The Bertz CT molecular complexity index is 193. The molecule has 68 valence electrons. The van der Waals surface area contributed by atoms with Crippen LogP contribution in [0.2, 0.25) is 0 Å². The molecule has 12 heavy (non-hydrogen) atoms. The Balaban J connectivity index is 2.45. The van der Waals surface area contributed by atoms with E-state index in [0.29, 0.717) is 26.1 Å². The topological polar surface area (TPSA) is 61.4 Å². The molecule has 1 fully saturated rings. The Kier molecular flexibility index (Phi) is 2.90. The van der Waals surface area contributed by atoms with Crippen LogP contribution < -0.4 is 10.6 Å². The standard InChI is InChI=1S/C7H13N3O2/c1-8-7(12)10-4-2-6(11)9-3-5-10/h2-5H2,1H3,(H,8,12)(H,9,11). The maximum atomic E-state index is 11.1. The van der Waals surface area contributed by atoms with Crippen molar-refractivity contribution in [3.8, 4) is 0 Å². The van der Waals surface area contributed by atoms with Gasteiger partial charge in [0.1, 0.15) is 0 Å². The highest BCUT2D eigenvalue weighted by atomic mass is 16.2. The van der Waals surface area contributed by atoms with Crippen LogP contribution >= 0.6 is 0 Å². The SMILES string of the molecule is CNC(=O)N1CCNC(=O)CC1. The lowest BCUT2D eigenvalue weighted by Gasteiger charge is -2.18. The number of hydrogen-bond acceptors (Lipinski definition) is 2. The van der Waals surface area contributed by atoms with E-state index in [1.807, 2.05) is 0 Å². The zero-order chi connectivity index (χ0) is 8.97. The van der Waals surface area contributed by atoms with E-state index in [1.165, 1.54) is 0 Å². The first kappa shape index (κ1) is 8.83. The Morgan fingerprint density at radius 1 is 1.58 bits per heavy atom. The average Bonchev–Trinajstić information content (AvgIpc) is 2.29. The van der Waals surface area contributed by atoms with E-state index in [-0.39, 0.29) is 11.9 Å². The summed E-state index contributed by atoms with van der Waals surface area (Å²) in [6.07, 6.45) is 0.396. The van der Waals surface area contributed by atoms with E-state index >= 15 is 0 Å². The molecule has 0 aromatic heterocycles. The average molecular weight is 171 g/mol. The molecule has 0 unspecified atom stereocenters. The monoisotopic (exact) mass is 171 g/mol. The fraction of sp³-hybridized carbons (Fsp3) is 0.714. The van der Waals surface area contributed by atoms with Crippen molar-refractivity contribution in [2.75, 3.05) is 26.7 Å². The van der Waals surface area contributed by atoms with Crippen LogP contribution in [-0.4, -0.2) is 43.5 Å². The van der Waals surface area contributed by atoms with Crippen LogP contribution in [0.5, 0.6) is 0 Å². The zero-order valence-electron chi connectivity index (χ0n) is 7.09. The number of carbonyl (C=O) groups excluding carboxylic acids is 2. The number of rotatable bonds is 0. The van der Waals surface area contributed by atoms with Crippen molar-refractivity contribution in [3.05, 3.63) is 0 Å². The molecule has 0 atom stereocenters. The lowest BCUT2D eigenvalue weighted by Crippen LogP contribution is -2.40. The molecule has 0 radical (unpaired) electrons. The lowest BCUT2D eigenvalue weighted by molar-refractivity contribution is -0.120. The first-order valence-electron chi connectivity index (χ1n) is 3.97. The first-order chi connectivity index (χ1) is 5.74. The molecule has 1 rings (SSSR count). The summed E-state index contributed by atoms with van der Waals surface area (Å²) in [5.74, 6) is 0.0152. The molecule has 3 amide bonds. The summed E-state index contributed by atoms with van der Waals surface area (Å²) in [5, 5.41) is 5.22. The molecule has 2 N–H and O–H groups in total. The van der Waals surface area contributed by atoms with Gasteiger partial charge in [0.2, 0.25) is 5.91 Å². The van der Waals surface area contributed by atoms with Gasteiger partial charge in [0.05, 0.1) is 0 Å². The molecular formula is C7H13N3O2. The minimum atomic E-state index is -0.119. The molecule has 0 saturated carbocycles. The number of amides is 3. The van der Waals surface area contributed by atoms with Gasteiger partial charge in [0.25, 0.3) is 0 Å². The smallest absolute Gasteiger partial charge is 0.317 e. The van der Waals surface area contributed by atoms with Gasteiger partial charge in [-0.1, -0.05) is 0 Å². The van der Waals surface area contributed by atoms with Crippen LogP contribution in [0.4, 0.5) is 4.79 Å². The molecular weight excluding hydrogens is 158 g/mol. The summed E-state index contributed by atoms with van der Waals surface area (Å²) >= 11 is 0. The summed E-state index contributed by atoms with van der Waals surface area (Å²) in [6, 6.07) is -0.119. The highest BCUT2D eigenvalue weighted by Crippen LogP contribution is 1.95. The summed E-state index contributed by atoms with van der Waals surface area (Å²) in [4.78, 5) is 23.6. The molecule has 1 aliphatic heterocycles. The predicted molar refractivity (Wildman–Crippen MR) is 43.7 cm³/mol. The second kappa shape index (κ2) is 3.94. The highest BCUT2D eigenvalue weighted by Gasteiger charge is 2.16. The normalized spacial score (nSPS) is 18.1. The van der Waals surface area contributed by atoms with Crippen LogP contribution in [0.15, 0.2) is 0 Å². The largest absolute Gasteiger partial charge is 0.354 e. The summed E-state index contributed by atoms with van der Waals surface area (Å²) in [5.41, 5.74) is 0. The third-order valence-corrected chi connectivity index (χ3v) is 1.81.